The van der Waals surface area contributed by atoms with E-state index in [0.29, 0.717) is 5.69 Å². The molecule has 0 bridgehead atoms. The van der Waals surface area contributed by atoms with Crippen LogP contribution in [0.4, 0.5) is 0 Å². The normalized spacial score (nSPS) is 10.0. The number of esters is 1. The van der Waals surface area contributed by atoms with Gasteiger partial charge in [0.05, 0.1) is 16.4 Å². The van der Waals surface area contributed by atoms with Crippen molar-refractivity contribution in [3.8, 4) is 0 Å². The number of thiazole rings is 1. The smallest absolute Gasteiger partial charge is 0.354 e. The Labute approximate surface area is 168 Å². The minimum Gasteiger partial charge on any atom is -0.456 e. The van der Waals surface area contributed by atoms with E-state index >= 15 is 0 Å². The number of aryl methyl sites for hydroxylation is 1. The Hall–Kier alpha value is -3.19. The molecule has 6 nitrogen and oxygen atoms in total. The van der Waals surface area contributed by atoms with Gasteiger partial charge in [0, 0.05) is 5.38 Å². The number of hydrogen-bond acceptors (Lipinski definition) is 6. The van der Waals surface area contributed by atoms with Crippen molar-refractivity contribution >= 4 is 23.2 Å². The highest BCUT2D eigenvalue weighted by atomic mass is 32.1. The van der Waals surface area contributed by atoms with Gasteiger partial charge in [0.1, 0.15) is 18.0 Å². The van der Waals surface area contributed by atoms with Crippen molar-refractivity contribution in [1.29, 1.82) is 0 Å². The maximum absolute atomic E-state index is 12.2. The molecule has 0 saturated heterocycles. The van der Waals surface area contributed by atoms with Crippen LogP contribution in [0.1, 0.15) is 34.4 Å². The third kappa shape index (κ3) is 6.21. The second-order valence-electron chi connectivity index (χ2n) is 5.95. The number of carbonyl (C=O) groups excluding carboxylic acids is 2. The van der Waals surface area contributed by atoms with Crippen molar-refractivity contribution < 1.29 is 14.3 Å². The fourth-order valence-corrected chi connectivity index (χ4v) is 3.02. The van der Waals surface area contributed by atoms with E-state index in [4.69, 9.17) is 4.74 Å². The van der Waals surface area contributed by atoms with Crippen molar-refractivity contribution in [2.24, 2.45) is 0 Å². The van der Waals surface area contributed by atoms with Crippen molar-refractivity contribution in [1.82, 2.24) is 15.6 Å². The van der Waals surface area contributed by atoms with Crippen LogP contribution in [0.15, 0.2) is 72.5 Å². The molecule has 0 saturated carbocycles. The molecule has 0 atom stereocenters. The van der Waals surface area contributed by atoms with E-state index in [1.807, 2.05) is 30.3 Å². The Bertz CT molecular complexity index is 887. The molecule has 0 fully saturated rings. The molecule has 0 unspecified atom stereocenters. The fraction of sp³-hybridized carbons (Fsp3) is 0.190. The number of amides is 1. The summed E-state index contributed by atoms with van der Waals surface area (Å²) in [5.41, 5.74) is 1.63. The maximum Gasteiger partial charge on any atom is 0.354 e. The van der Waals surface area contributed by atoms with Crippen LogP contribution in [0.3, 0.4) is 0 Å². The molecule has 1 aromatic heterocycles. The van der Waals surface area contributed by atoms with Gasteiger partial charge in [-0.05, 0) is 18.4 Å². The summed E-state index contributed by atoms with van der Waals surface area (Å²) in [7, 11) is 0. The summed E-state index contributed by atoms with van der Waals surface area (Å²) in [6, 6.07) is 9.30. The van der Waals surface area contributed by atoms with Crippen LogP contribution in [-0.2, 0) is 22.6 Å². The van der Waals surface area contributed by atoms with Crippen LogP contribution in [-0.4, -0.2) is 16.9 Å². The predicted molar refractivity (Wildman–Crippen MR) is 110 cm³/mol. The second-order valence-corrected chi connectivity index (χ2v) is 6.90. The molecular weight excluding hydrogens is 374 g/mol. The lowest BCUT2D eigenvalue weighted by Crippen LogP contribution is -2.29. The molecule has 0 radical (unpaired) electrons. The van der Waals surface area contributed by atoms with Gasteiger partial charge in [-0.1, -0.05) is 57.0 Å². The monoisotopic (exact) mass is 397 g/mol. The zero-order valence-corrected chi connectivity index (χ0v) is 16.6. The van der Waals surface area contributed by atoms with E-state index in [2.05, 4.69) is 42.3 Å². The van der Waals surface area contributed by atoms with Crippen molar-refractivity contribution in [2.45, 2.75) is 26.4 Å². The molecule has 1 amide bonds. The first-order valence-corrected chi connectivity index (χ1v) is 9.59. The average Bonchev–Trinajstić information content (AvgIpc) is 3.15. The first kappa shape index (κ1) is 21.1. The van der Waals surface area contributed by atoms with Gasteiger partial charge in [0.15, 0.2) is 0 Å². The molecule has 146 valence electrons. The van der Waals surface area contributed by atoms with Gasteiger partial charge in [-0.15, -0.1) is 11.3 Å². The summed E-state index contributed by atoms with van der Waals surface area (Å²) in [6.45, 7) is 13.3. The van der Waals surface area contributed by atoms with Crippen LogP contribution in [0.2, 0.25) is 0 Å². The van der Waals surface area contributed by atoms with Gasteiger partial charge in [-0.2, -0.15) is 0 Å². The zero-order valence-electron chi connectivity index (χ0n) is 15.8. The number of nitrogens with one attached hydrogen (secondary N) is 2. The standard InChI is InChI=1S/C21H23N3O3S/c1-5-9-19-24-18(13-28-19)20(25)23-15(3)14(2)22-16(4)21(26)27-12-17-10-7-6-8-11-17/h6-8,10-11,13,22H,2-5,9,12H2,1H3,(H,23,25). The number of aromatic nitrogens is 1. The topological polar surface area (TPSA) is 80.3 Å². The molecule has 0 aliphatic rings. The Morgan fingerprint density at radius 2 is 1.75 bits per heavy atom. The highest BCUT2D eigenvalue weighted by molar-refractivity contribution is 7.09. The first-order valence-electron chi connectivity index (χ1n) is 8.71. The van der Waals surface area contributed by atoms with Gasteiger partial charge < -0.3 is 15.4 Å². The number of hydrogen-bond donors (Lipinski definition) is 2. The van der Waals surface area contributed by atoms with E-state index < -0.39 is 5.97 Å². The second kappa shape index (κ2) is 10.2. The van der Waals surface area contributed by atoms with E-state index in [9.17, 15) is 9.59 Å². The Kier molecular flexibility index (Phi) is 7.71. The number of benzene rings is 1. The third-order valence-corrected chi connectivity index (χ3v) is 4.55. The van der Waals surface area contributed by atoms with E-state index in [1.165, 1.54) is 11.3 Å². The van der Waals surface area contributed by atoms with E-state index in [1.54, 1.807) is 5.38 Å². The van der Waals surface area contributed by atoms with Gasteiger partial charge in [0.2, 0.25) is 0 Å². The van der Waals surface area contributed by atoms with E-state index in [0.717, 1.165) is 23.4 Å². The summed E-state index contributed by atoms with van der Waals surface area (Å²) in [5, 5.41) is 7.92. The highest BCUT2D eigenvalue weighted by Gasteiger charge is 2.15. The number of rotatable bonds is 10. The number of carbonyl (C=O) groups is 2. The van der Waals surface area contributed by atoms with Gasteiger partial charge >= 0.3 is 5.97 Å². The summed E-state index contributed by atoms with van der Waals surface area (Å²) >= 11 is 1.44. The molecule has 0 spiro atoms. The summed E-state index contributed by atoms with van der Waals surface area (Å²) in [6.07, 6.45) is 1.79. The van der Waals surface area contributed by atoms with Crippen LogP contribution in [0.5, 0.6) is 0 Å². The van der Waals surface area contributed by atoms with Crippen molar-refractivity contribution in [2.75, 3.05) is 0 Å². The summed E-state index contributed by atoms with van der Waals surface area (Å²) in [4.78, 5) is 28.6. The van der Waals surface area contributed by atoms with Crippen LogP contribution in [0.25, 0.3) is 0 Å². The highest BCUT2D eigenvalue weighted by Crippen LogP contribution is 2.12. The SMILES string of the molecule is C=C(NC(=C)C(=O)OCc1ccccc1)C(=C)NC(=O)c1csc(CCC)n1. The summed E-state index contributed by atoms with van der Waals surface area (Å²) < 4.78 is 5.18. The van der Waals surface area contributed by atoms with Crippen LogP contribution >= 0.6 is 11.3 Å². The molecule has 1 heterocycles. The van der Waals surface area contributed by atoms with Crippen LogP contribution in [0, 0.1) is 0 Å². The molecule has 2 aromatic rings. The molecule has 2 rings (SSSR count). The quantitative estimate of drug-likeness (QED) is 0.363. The zero-order chi connectivity index (χ0) is 20.5. The predicted octanol–water partition coefficient (Wildman–Crippen LogP) is 3.70. The van der Waals surface area contributed by atoms with Crippen molar-refractivity contribution in [3.05, 3.63) is 88.8 Å². The first-order chi connectivity index (χ1) is 13.4. The van der Waals surface area contributed by atoms with Gasteiger partial charge in [-0.3, -0.25) is 4.79 Å². The average molecular weight is 398 g/mol. The lowest BCUT2D eigenvalue weighted by molar-refractivity contribution is -0.140. The van der Waals surface area contributed by atoms with E-state index in [-0.39, 0.29) is 29.6 Å². The minimum absolute atomic E-state index is 0.00443. The largest absolute Gasteiger partial charge is 0.456 e. The Balaban J connectivity index is 1.81. The van der Waals surface area contributed by atoms with Gasteiger partial charge in [0.25, 0.3) is 5.91 Å². The Morgan fingerprint density at radius 3 is 2.43 bits per heavy atom. The number of nitrogens with zero attached hydrogens (tertiary/aromatic N) is 1. The lowest BCUT2D eigenvalue weighted by Gasteiger charge is -2.14. The van der Waals surface area contributed by atoms with Crippen LogP contribution < -0.4 is 10.6 Å². The molecule has 0 aliphatic heterocycles. The maximum atomic E-state index is 12.2. The summed E-state index contributed by atoms with van der Waals surface area (Å²) in [5.74, 6) is -1.00. The molecular formula is C21H23N3O3S. The van der Waals surface area contributed by atoms with Gasteiger partial charge in [-0.25, -0.2) is 9.78 Å². The lowest BCUT2D eigenvalue weighted by atomic mass is 10.2. The molecule has 7 heteroatoms. The molecule has 0 aliphatic carbocycles. The van der Waals surface area contributed by atoms with Crippen molar-refractivity contribution in [3.63, 3.8) is 0 Å². The molecule has 1 aromatic carbocycles. The molecule has 2 N–H and O–H groups in total. The Morgan fingerprint density at radius 1 is 1.07 bits per heavy atom. The minimum atomic E-state index is -0.618. The fourth-order valence-electron chi connectivity index (χ4n) is 2.14. The number of ether oxygens (including phenoxy) is 1. The molecule has 28 heavy (non-hydrogen) atoms. The third-order valence-electron chi connectivity index (χ3n) is 3.64.